The van der Waals surface area contributed by atoms with Crippen LogP contribution in [0.1, 0.15) is 55.3 Å². The summed E-state index contributed by atoms with van der Waals surface area (Å²) in [5, 5.41) is 10.2. The Labute approximate surface area is 266 Å². The number of halogens is 7. The summed E-state index contributed by atoms with van der Waals surface area (Å²) in [5.74, 6) is -0.398. The van der Waals surface area contributed by atoms with Gasteiger partial charge in [-0.15, -0.1) is 26.5 Å². The Balaban J connectivity index is 1.68. The summed E-state index contributed by atoms with van der Waals surface area (Å²) in [6.07, 6.45) is -2.59. The maximum Gasteiger partial charge on any atom is 0.416 e. The number of benzene rings is 2. The van der Waals surface area contributed by atoms with Gasteiger partial charge < -0.3 is 4.90 Å². The number of rotatable bonds is 9. The third-order valence-electron chi connectivity index (χ3n) is 8.28. The molecule has 1 saturated carbocycles. The van der Waals surface area contributed by atoms with E-state index in [-0.39, 0.29) is 45.0 Å². The first kappa shape index (κ1) is 33.1. The number of nitriles is 1. The van der Waals surface area contributed by atoms with Crippen molar-refractivity contribution in [2.24, 2.45) is 11.8 Å². The van der Waals surface area contributed by atoms with Crippen LogP contribution in [0.25, 0.3) is 0 Å². The largest absolute Gasteiger partial charge is 0.416 e. The van der Waals surface area contributed by atoms with Gasteiger partial charge in [0.25, 0.3) is 0 Å². The van der Waals surface area contributed by atoms with Gasteiger partial charge in [-0.05, 0) is 67.9 Å². The van der Waals surface area contributed by atoms with Crippen LogP contribution in [0.5, 0.6) is 0 Å². The number of likely N-dealkylation sites (tertiary alicyclic amines) is 1. The number of nitrogens with zero attached hydrogens (tertiary/aromatic N) is 2. The molecule has 226 valence electrons. The molecule has 1 aliphatic heterocycles. The molecule has 2 aliphatic rings. The minimum absolute atomic E-state index is 0.0841. The van der Waals surface area contributed by atoms with Gasteiger partial charge in [0.05, 0.1) is 28.3 Å². The van der Waals surface area contributed by atoms with Crippen LogP contribution in [-0.2, 0) is 19.9 Å². The van der Waals surface area contributed by atoms with Crippen molar-refractivity contribution >= 4 is 57.7 Å². The highest BCUT2D eigenvalue weighted by atomic mass is 127. The van der Waals surface area contributed by atoms with Crippen LogP contribution in [0.15, 0.2) is 71.4 Å². The van der Waals surface area contributed by atoms with E-state index in [0.717, 1.165) is 53.3 Å². The molecule has 42 heavy (non-hydrogen) atoms. The standard InChI is InChI=1S/C30H29F5I2N2O2S/c1-4-24-16-21(28(2,18-38)42(40,41)25-10-6-9-23(17-25)30(34,35)36)11-12-39(24)27(15-20-14-26(20)37-3)19-7-5-8-22(13-19)29(31,32)33/h5-10,13,17,20-21,26-27H,1,3,11-12,14-16H2,2H3/t20?,21-,26?,27?,28?/m0/s1. The van der Waals surface area contributed by atoms with Gasteiger partial charge in [0.15, 0.2) is 14.6 Å². The molecular weight excluding hydrogens is 801 g/mol. The van der Waals surface area contributed by atoms with E-state index in [2.05, 4.69) is 16.8 Å². The van der Waals surface area contributed by atoms with Crippen molar-refractivity contribution in [2.45, 2.75) is 62.3 Å². The van der Waals surface area contributed by atoms with E-state index in [9.17, 15) is 35.6 Å². The smallest absolute Gasteiger partial charge is 0.362 e. The molecule has 4 rings (SSSR count). The van der Waals surface area contributed by atoms with Gasteiger partial charge in [-0.2, -0.15) is 27.2 Å². The third kappa shape index (κ3) is 6.64. The van der Waals surface area contributed by atoms with Gasteiger partial charge in [-0.3, -0.25) is 0 Å². The fourth-order valence-corrected chi connectivity index (χ4v) is 9.77. The molecule has 1 aliphatic carbocycles. The zero-order valence-corrected chi connectivity index (χ0v) is 27.8. The molecule has 12 heteroatoms. The molecule has 2 aromatic rings. The van der Waals surface area contributed by atoms with Crippen molar-refractivity contribution in [3.05, 3.63) is 83.2 Å². The van der Waals surface area contributed by atoms with Crippen molar-refractivity contribution in [1.29, 1.82) is 5.26 Å². The molecule has 0 N–H and O–H groups in total. The van der Waals surface area contributed by atoms with Gasteiger partial charge in [-0.25, -0.2) is 8.42 Å². The summed E-state index contributed by atoms with van der Waals surface area (Å²) in [6.45, 7) is 5.35. The molecule has 5 atom stereocenters. The SMILES string of the molecule is C=C=C1C[C@@H](C(C)(C#N)S(=O)(=O)c2cccc(C(F)(F)I)c2)CCN1C(CC1CC1I=C)c1cccc(C(F)(F)F)c1. The van der Waals surface area contributed by atoms with E-state index in [1.165, 1.54) is 25.1 Å². The maximum atomic E-state index is 14.0. The van der Waals surface area contributed by atoms with Gasteiger partial charge in [0, 0.05) is 45.0 Å². The van der Waals surface area contributed by atoms with Gasteiger partial charge in [-0.1, -0.05) is 35.4 Å². The van der Waals surface area contributed by atoms with Crippen LogP contribution in [0.3, 0.4) is 0 Å². The molecule has 0 bridgehead atoms. The lowest BCUT2D eigenvalue weighted by Crippen LogP contribution is -2.47. The Morgan fingerprint density at radius 3 is 2.38 bits per heavy atom. The predicted molar refractivity (Wildman–Crippen MR) is 169 cm³/mol. The minimum Gasteiger partial charge on any atom is -0.362 e. The Morgan fingerprint density at radius 1 is 1.14 bits per heavy atom. The van der Waals surface area contributed by atoms with Crippen LogP contribution >= 0.6 is 43.3 Å². The number of piperidine rings is 1. The molecule has 2 aromatic carbocycles. The molecule has 0 spiro atoms. The maximum absolute atomic E-state index is 14.0. The van der Waals surface area contributed by atoms with E-state index >= 15 is 0 Å². The van der Waals surface area contributed by atoms with Gasteiger partial charge in [0.1, 0.15) is 0 Å². The monoisotopic (exact) mass is 830 g/mol. The third-order valence-corrected chi connectivity index (χ3v) is 14.0. The molecule has 0 radical (unpaired) electrons. The van der Waals surface area contributed by atoms with Crippen molar-refractivity contribution < 1.29 is 30.4 Å². The second-order valence-electron chi connectivity index (χ2n) is 10.8. The molecule has 4 unspecified atom stereocenters. The summed E-state index contributed by atoms with van der Waals surface area (Å²) in [6, 6.07) is 11.2. The molecule has 1 saturated heterocycles. The average Bonchev–Trinajstić information content (AvgIpc) is 3.72. The second-order valence-corrected chi connectivity index (χ2v) is 17.0. The van der Waals surface area contributed by atoms with Crippen LogP contribution in [0.2, 0.25) is 0 Å². The summed E-state index contributed by atoms with van der Waals surface area (Å²) in [5.41, 5.74) is 2.65. The van der Waals surface area contributed by atoms with E-state index < -0.39 is 47.8 Å². The van der Waals surface area contributed by atoms with Crippen LogP contribution in [-0.4, -0.2) is 33.0 Å². The Hall–Kier alpha value is -1.82. The summed E-state index contributed by atoms with van der Waals surface area (Å²) in [4.78, 5) is 1.57. The van der Waals surface area contributed by atoms with Gasteiger partial charge >= 0.3 is 10.1 Å². The Morgan fingerprint density at radius 2 is 1.81 bits per heavy atom. The summed E-state index contributed by atoms with van der Waals surface area (Å²) < 4.78 is 95.7. The van der Waals surface area contributed by atoms with E-state index in [4.69, 9.17) is 0 Å². The van der Waals surface area contributed by atoms with Crippen molar-refractivity contribution in [3.63, 3.8) is 0 Å². The lowest BCUT2D eigenvalue weighted by Gasteiger charge is -2.44. The highest BCUT2D eigenvalue weighted by Crippen LogP contribution is 2.50. The topological polar surface area (TPSA) is 61.2 Å². The lowest BCUT2D eigenvalue weighted by atomic mass is 9.82. The molecular formula is C30H29F5I2N2O2S. The van der Waals surface area contributed by atoms with E-state index in [1.807, 2.05) is 11.0 Å². The molecule has 0 aromatic heterocycles. The van der Waals surface area contributed by atoms with Crippen molar-refractivity contribution in [1.82, 2.24) is 4.90 Å². The van der Waals surface area contributed by atoms with Crippen LogP contribution in [0.4, 0.5) is 22.0 Å². The van der Waals surface area contributed by atoms with Crippen LogP contribution < -0.4 is 0 Å². The molecule has 2 fully saturated rings. The molecule has 0 amide bonds. The zero-order valence-electron chi connectivity index (χ0n) is 22.6. The van der Waals surface area contributed by atoms with E-state index in [0.29, 0.717) is 27.5 Å². The van der Waals surface area contributed by atoms with Gasteiger partial charge in [0.2, 0.25) is 0 Å². The highest BCUT2D eigenvalue weighted by Gasteiger charge is 2.50. The fraction of sp³-hybridized carbons (Fsp3) is 0.433. The number of sulfone groups is 1. The highest BCUT2D eigenvalue weighted by molar-refractivity contribution is 14.2. The lowest BCUT2D eigenvalue weighted by molar-refractivity contribution is -0.137. The predicted octanol–water partition coefficient (Wildman–Crippen LogP) is 8.55. The number of hydrogen-bond acceptors (Lipinski definition) is 4. The van der Waals surface area contributed by atoms with Crippen LogP contribution in [0, 0.1) is 23.2 Å². The minimum atomic E-state index is -4.51. The Kier molecular flexibility index (Phi) is 9.68. The number of alkyl halides is 7. The number of hydrogen-bond donors (Lipinski definition) is 0. The van der Waals surface area contributed by atoms with Crippen molar-refractivity contribution in [2.75, 3.05) is 6.54 Å². The van der Waals surface area contributed by atoms with E-state index in [1.54, 1.807) is 6.07 Å². The first-order valence-electron chi connectivity index (χ1n) is 13.1. The summed E-state index contributed by atoms with van der Waals surface area (Å²) >= 11 is 0.675. The number of allylic oxidation sites excluding steroid dienone is 1. The first-order chi connectivity index (χ1) is 19.6. The van der Waals surface area contributed by atoms with Crippen molar-refractivity contribution in [3.8, 4) is 6.07 Å². The second kappa shape index (κ2) is 12.3. The summed E-state index contributed by atoms with van der Waals surface area (Å²) in [7, 11) is -4.40. The molecule has 4 nitrogen and oxygen atoms in total. The Bertz CT molecular complexity index is 1560. The normalized spacial score (nSPS) is 23.4. The molecule has 1 heterocycles. The fourth-order valence-electron chi connectivity index (χ4n) is 5.62. The zero-order chi connectivity index (χ0) is 31.1. The quantitative estimate of drug-likeness (QED) is 0.110. The average molecular weight is 830 g/mol. The first-order valence-corrected chi connectivity index (χ1v) is 18.4.